The summed E-state index contributed by atoms with van der Waals surface area (Å²) in [5.74, 6) is 0.915. The molecule has 1 fully saturated rings. The summed E-state index contributed by atoms with van der Waals surface area (Å²) in [5.41, 5.74) is 1.79. The number of nitrogens with zero attached hydrogens (tertiary/aromatic N) is 4. The van der Waals surface area contributed by atoms with Crippen molar-refractivity contribution in [3.63, 3.8) is 0 Å². The van der Waals surface area contributed by atoms with E-state index in [2.05, 4.69) is 19.2 Å². The SMILES string of the molecule is Cc1cc(CC(=O)N=CC2CCC(CCN3CCc4sc(OCC(F)(F)F)nc4C3)CC2)sn1. The Morgan fingerprint density at radius 2 is 2.12 bits per heavy atom. The van der Waals surface area contributed by atoms with Crippen LogP contribution in [0.3, 0.4) is 0 Å². The van der Waals surface area contributed by atoms with Gasteiger partial charge in [-0.05, 0) is 81.4 Å². The summed E-state index contributed by atoms with van der Waals surface area (Å²) in [6.45, 7) is 3.16. The Balaban J connectivity index is 1.15. The summed E-state index contributed by atoms with van der Waals surface area (Å²) in [4.78, 5) is 24.9. The second kappa shape index (κ2) is 11.3. The second-order valence-corrected chi connectivity index (χ2v) is 11.1. The Hall–Kier alpha value is -1.85. The first kappa shape index (κ1) is 25.2. The number of carbonyl (C=O) groups is 1. The molecule has 0 bridgehead atoms. The number of ether oxygens (including phenoxy) is 1. The molecule has 6 nitrogen and oxygen atoms in total. The first-order chi connectivity index (χ1) is 16.2. The molecule has 11 heteroatoms. The molecule has 0 atom stereocenters. The molecule has 4 rings (SSSR count). The maximum absolute atomic E-state index is 12.4. The molecule has 1 aliphatic carbocycles. The van der Waals surface area contributed by atoms with Crippen molar-refractivity contribution in [3.05, 3.63) is 27.2 Å². The van der Waals surface area contributed by atoms with Gasteiger partial charge in [0.25, 0.3) is 11.1 Å². The topological polar surface area (TPSA) is 67.7 Å². The maximum atomic E-state index is 12.4. The van der Waals surface area contributed by atoms with Gasteiger partial charge in [-0.3, -0.25) is 9.69 Å². The van der Waals surface area contributed by atoms with E-state index in [0.29, 0.717) is 24.8 Å². The van der Waals surface area contributed by atoms with E-state index in [1.165, 1.54) is 22.9 Å². The van der Waals surface area contributed by atoms with E-state index in [9.17, 15) is 18.0 Å². The van der Waals surface area contributed by atoms with Crippen LogP contribution in [-0.4, -0.2) is 52.3 Å². The minimum absolute atomic E-state index is 0.107. The van der Waals surface area contributed by atoms with Gasteiger partial charge in [-0.2, -0.15) is 17.5 Å². The number of aryl methyl sites for hydroxylation is 1. The Morgan fingerprint density at radius 3 is 2.82 bits per heavy atom. The number of aromatic nitrogens is 2. The van der Waals surface area contributed by atoms with Gasteiger partial charge in [-0.1, -0.05) is 11.3 Å². The molecule has 0 N–H and O–H groups in total. The number of thiazole rings is 1. The molecule has 0 radical (unpaired) electrons. The van der Waals surface area contributed by atoms with Crippen LogP contribution in [0.25, 0.3) is 0 Å². The molecule has 186 valence electrons. The zero-order valence-electron chi connectivity index (χ0n) is 19.1. The van der Waals surface area contributed by atoms with E-state index >= 15 is 0 Å². The Bertz CT molecular complexity index is 997. The van der Waals surface area contributed by atoms with Crippen molar-refractivity contribution < 1.29 is 22.7 Å². The summed E-state index contributed by atoms with van der Waals surface area (Å²) >= 11 is 2.59. The molecule has 2 aromatic rings. The van der Waals surface area contributed by atoms with Gasteiger partial charge in [0, 0.05) is 29.1 Å². The van der Waals surface area contributed by atoms with Crippen molar-refractivity contribution in [3.8, 4) is 5.19 Å². The number of hydrogen-bond donors (Lipinski definition) is 0. The zero-order valence-corrected chi connectivity index (χ0v) is 20.8. The number of rotatable bonds is 8. The number of aliphatic imine (C=N–C) groups is 1. The van der Waals surface area contributed by atoms with Crippen molar-refractivity contribution in [1.82, 2.24) is 14.3 Å². The molecule has 0 unspecified atom stereocenters. The monoisotopic (exact) mass is 514 g/mol. The Morgan fingerprint density at radius 1 is 1.32 bits per heavy atom. The van der Waals surface area contributed by atoms with Gasteiger partial charge in [-0.25, -0.2) is 9.98 Å². The van der Waals surface area contributed by atoms with Crippen LogP contribution in [0.4, 0.5) is 13.2 Å². The van der Waals surface area contributed by atoms with Crippen LogP contribution < -0.4 is 4.74 Å². The first-order valence-corrected chi connectivity index (χ1v) is 13.2. The Labute approximate surface area is 205 Å². The number of hydrogen-bond acceptors (Lipinski definition) is 7. The zero-order chi connectivity index (χ0) is 24.1. The third kappa shape index (κ3) is 7.58. The number of amides is 1. The van der Waals surface area contributed by atoms with Gasteiger partial charge < -0.3 is 4.74 Å². The number of halogens is 3. The van der Waals surface area contributed by atoms with Gasteiger partial charge >= 0.3 is 6.18 Å². The van der Waals surface area contributed by atoms with Crippen molar-refractivity contribution >= 4 is 35.0 Å². The van der Waals surface area contributed by atoms with Crippen LogP contribution in [0, 0.1) is 18.8 Å². The number of fused-ring (bicyclic) bond motifs is 1. The van der Waals surface area contributed by atoms with Crippen molar-refractivity contribution in [1.29, 1.82) is 0 Å². The van der Waals surface area contributed by atoms with E-state index in [4.69, 9.17) is 4.74 Å². The fraction of sp³-hybridized carbons (Fsp3) is 0.652. The third-order valence-electron chi connectivity index (χ3n) is 6.32. The quantitative estimate of drug-likeness (QED) is 0.451. The fourth-order valence-electron chi connectivity index (χ4n) is 4.50. The first-order valence-electron chi connectivity index (χ1n) is 11.6. The van der Waals surface area contributed by atoms with Gasteiger partial charge in [0.2, 0.25) is 0 Å². The molecule has 0 aromatic carbocycles. The Kier molecular flexibility index (Phi) is 8.36. The largest absolute Gasteiger partial charge is 0.460 e. The fourth-order valence-corrected chi connectivity index (χ4v) is 6.13. The van der Waals surface area contributed by atoms with Crippen LogP contribution in [0.1, 0.15) is 53.2 Å². The molecule has 0 saturated heterocycles. The summed E-state index contributed by atoms with van der Waals surface area (Å²) in [6, 6.07) is 1.93. The highest BCUT2D eigenvalue weighted by Gasteiger charge is 2.30. The van der Waals surface area contributed by atoms with E-state index in [-0.39, 0.29) is 11.1 Å². The molecule has 2 aliphatic rings. The van der Waals surface area contributed by atoms with Crippen LogP contribution >= 0.6 is 22.9 Å². The normalized spacial score (nSPS) is 21.6. The number of carbonyl (C=O) groups excluding carboxylic acids is 1. The minimum Gasteiger partial charge on any atom is -0.460 e. The smallest absolute Gasteiger partial charge is 0.422 e. The molecule has 0 spiro atoms. The summed E-state index contributed by atoms with van der Waals surface area (Å²) in [5, 5.41) is 0.116. The number of alkyl halides is 3. The van der Waals surface area contributed by atoms with E-state index in [0.717, 1.165) is 72.8 Å². The summed E-state index contributed by atoms with van der Waals surface area (Å²) in [7, 11) is 0. The van der Waals surface area contributed by atoms with Crippen LogP contribution in [0.5, 0.6) is 5.19 Å². The van der Waals surface area contributed by atoms with Crippen molar-refractivity contribution in [2.24, 2.45) is 16.8 Å². The van der Waals surface area contributed by atoms with Crippen molar-refractivity contribution in [2.45, 2.75) is 64.6 Å². The average Bonchev–Trinajstić information content (AvgIpc) is 3.40. The van der Waals surface area contributed by atoms with Crippen LogP contribution in [0.2, 0.25) is 0 Å². The highest BCUT2D eigenvalue weighted by molar-refractivity contribution is 7.13. The second-order valence-electron chi connectivity index (χ2n) is 9.13. The predicted molar refractivity (Wildman–Crippen MR) is 127 cm³/mol. The molecule has 3 heterocycles. The van der Waals surface area contributed by atoms with Gasteiger partial charge in [0.05, 0.1) is 17.8 Å². The average molecular weight is 515 g/mol. The van der Waals surface area contributed by atoms with Gasteiger partial charge in [0.1, 0.15) is 0 Å². The van der Waals surface area contributed by atoms with Gasteiger partial charge in [-0.15, -0.1) is 0 Å². The lowest BCUT2D eigenvalue weighted by Gasteiger charge is -2.30. The predicted octanol–water partition coefficient (Wildman–Crippen LogP) is 5.24. The van der Waals surface area contributed by atoms with Crippen LogP contribution in [-0.2, 0) is 24.2 Å². The van der Waals surface area contributed by atoms with E-state index in [1.54, 1.807) is 0 Å². The van der Waals surface area contributed by atoms with Crippen LogP contribution in [0.15, 0.2) is 11.1 Å². The minimum atomic E-state index is -4.35. The van der Waals surface area contributed by atoms with Gasteiger partial charge in [0.15, 0.2) is 6.61 Å². The van der Waals surface area contributed by atoms with Crippen molar-refractivity contribution in [2.75, 3.05) is 19.7 Å². The lowest BCUT2D eigenvalue weighted by atomic mass is 9.81. The lowest BCUT2D eigenvalue weighted by molar-refractivity contribution is -0.153. The summed E-state index contributed by atoms with van der Waals surface area (Å²) < 4.78 is 46.1. The molecule has 1 amide bonds. The maximum Gasteiger partial charge on any atom is 0.422 e. The van der Waals surface area contributed by atoms with E-state index < -0.39 is 12.8 Å². The van der Waals surface area contributed by atoms with E-state index in [1.807, 2.05) is 19.2 Å². The molecule has 1 aliphatic heterocycles. The molecular weight excluding hydrogens is 485 g/mol. The highest BCUT2D eigenvalue weighted by Crippen LogP contribution is 2.33. The molecule has 34 heavy (non-hydrogen) atoms. The molecule has 2 aromatic heterocycles. The highest BCUT2D eigenvalue weighted by atomic mass is 32.1. The standard InChI is InChI=1S/C23H29F3N4O2S2/c1-15-10-18(34-29-15)11-21(31)27-12-17-4-2-16(3-5-17)6-8-30-9-7-20-19(13-30)28-22(33-20)32-14-23(24,25)26/h10,12,16-17H,2-9,11,13-14H2,1H3. The molecular formula is C23H29F3N4O2S2. The molecule has 1 saturated carbocycles. The summed E-state index contributed by atoms with van der Waals surface area (Å²) in [6.07, 6.45) is 4.09. The lowest BCUT2D eigenvalue weighted by Crippen LogP contribution is -2.32. The third-order valence-corrected chi connectivity index (χ3v) is 8.27.